The van der Waals surface area contributed by atoms with Gasteiger partial charge in [-0.15, -0.1) is 0 Å². The van der Waals surface area contributed by atoms with Crippen molar-refractivity contribution in [3.63, 3.8) is 0 Å². The highest BCUT2D eigenvalue weighted by molar-refractivity contribution is 5.94. The fourth-order valence-corrected chi connectivity index (χ4v) is 4.60. The lowest BCUT2D eigenvalue weighted by Crippen LogP contribution is -2.41. The molecule has 0 bridgehead atoms. The van der Waals surface area contributed by atoms with Crippen LogP contribution in [0.5, 0.6) is 0 Å². The normalized spacial score (nSPS) is 14.7. The summed E-state index contributed by atoms with van der Waals surface area (Å²) in [5, 5.41) is 6.25. The van der Waals surface area contributed by atoms with Gasteiger partial charge in [-0.2, -0.15) is 4.98 Å². The van der Waals surface area contributed by atoms with Gasteiger partial charge < -0.3 is 21.3 Å². The maximum Gasteiger partial charge on any atom is 0.253 e. The number of nitrogens with two attached hydrogens (primary N) is 1. The van der Waals surface area contributed by atoms with E-state index in [1.165, 1.54) is 24.3 Å². The van der Waals surface area contributed by atoms with Crippen molar-refractivity contribution >= 4 is 29.0 Å². The first-order valence-corrected chi connectivity index (χ1v) is 12.5. The molecule has 0 radical (unpaired) electrons. The first-order valence-electron chi connectivity index (χ1n) is 12.5. The zero-order valence-corrected chi connectivity index (χ0v) is 20.6. The van der Waals surface area contributed by atoms with Crippen molar-refractivity contribution in [1.82, 2.24) is 14.9 Å². The van der Waals surface area contributed by atoms with Crippen LogP contribution >= 0.6 is 0 Å². The zero-order chi connectivity index (χ0) is 26.5. The van der Waals surface area contributed by atoms with Gasteiger partial charge in [-0.25, -0.2) is 13.8 Å². The number of rotatable bonds is 7. The van der Waals surface area contributed by atoms with Crippen LogP contribution in [-0.4, -0.2) is 33.9 Å². The van der Waals surface area contributed by atoms with Gasteiger partial charge in [0, 0.05) is 42.3 Å². The van der Waals surface area contributed by atoms with Crippen molar-refractivity contribution in [3.8, 4) is 0 Å². The molecule has 1 saturated heterocycles. The Hall–Kier alpha value is -4.37. The van der Waals surface area contributed by atoms with E-state index in [1.807, 2.05) is 17.0 Å². The Labute approximate surface area is 219 Å². The number of hydrogen-bond donors (Lipinski definition) is 3. The van der Waals surface area contributed by atoms with Crippen LogP contribution in [0.15, 0.2) is 85.1 Å². The maximum atomic E-state index is 13.2. The molecular weight excluding hydrogens is 486 g/mol. The van der Waals surface area contributed by atoms with Gasteiger partial charge in [0.25, 0.3) is 5.91 Å². The lowest BCUT2D eigenvalue weighted by molar-refractivity contribution is 0.0678. The Kier molecular flexibility index (Phi) is 7.55. The Morgan fingerprint density at radius 1 is 0.842 bits per heavy atom. The summed E-state index contributed by atoms with van der Waals surface area (Å²) >= 11 is 0. The van der Waals surface area contributed by atoms with Crippen LogP contribution in [0.4, 0.5) is 31.9 Å². The molecule has 5 rings (SSSR count). The Balaban J connectivity index is 1.15. The molecule has 38 heavy (non-hydrogen) atoms. The third-order valence-electron chi connectivity index (χ3n) is 6.75. The molecule has 0 spiro atoms. The molecule has 0 aliphatic carbocycles. The number of nitrogens with zero attached hydrogens (tertiary/aromatic N) is 3. The fraction of sp³-hybridized carbons (Fsp3) is 0.207. The topological polar surface area (TPSA) is 96.2 Å². The molecule has 1 aromatic heterocycles. The Morgan fingerprint density at radius 2 is 1.42 bits per heavy atom. The zero-order valence-electron chi connectivity index (χ0n) is 20.6. The molecule has 2 heterocycles. The molecular formula is C29H28F2N6O. The molecule has 1 aliphatic rings. The quantitative estimate of drug-likeness (QED) is 0.289. The summed E-state index contributed by atoms with van der Waals surface area (Å²) in [7, 11) is 0. The molecule has 1 amide bonds. The average molecular weight is 515 g/mol. The molecule has 1 fully saturated rings. The average Bonchev–Trinajstić information content (AvgIpc) is 2.95. The van der Waals surface area contributed by atoms with Crippen LogP contribution in [0.2, 0.25) is 0 Å². The standard InChI is InChI=1S/C29H28F2N6O/c30-22-5-1-19(2-6-22)27(32)20-14-17-37(18-15-20)28(38)21-3-9-25(10-4-21)35-29-33-16-13-26(36-29)34-24-11-7-23(31)8-12-24/h1-13,16,20,27H,14-15,17-18,32H2,(H2,33,34,35,36)/t27-/m1/s1. The van der Waals surface area contributed by atoms with Crippen LogP contribution < -0.4 is 16.4 Å². The predicted octanol–water partition coefficient (Wildman–Crippen LogP) is 5.79. The summed E-state index contributed by atoms with van der Waals surface area (Å²) < 4.78 is 26.3. The second-order valence-corrected chi connectivity index (χ2v) is 9.31. The van der Waals surface area contributed by atoms with E-state index >= 15 is 0 Å². The summed E-state index contributed by atoms with van der Waals surface area (Å²) in [5.41, 5.74) is 9.39. The smallest absolute Gasteiger partial charge is 0.253 e. The molecule has 9 heteroatoms. The van der Waals surface area contributed by atoms with Crippen molar-refractivity contribution in [1.29, 1.82) is 0 Å². The highest BCUT2D eigenvalue weighted by Crippen LogP contribution is 2.30. The van der Waals surface area contributed by atoms with Crippen molar-refractivity contribution in [3.05, 3.63) is 108 Å². The minimum Gasteiger partial charge on any atom is -0.340 e. The third-order valence-corrected chi connectivity index (χ3v) is 6.75. The molecule has 3 aromatic carbocycles. The first kappa shape index (κ1) is 25.3. The van der Waals surface area contributed by atoms with Crippen molar-refractivity contribution in [2.24, 2.45) is 11.7 Å². The van der Waals surface area contributed by atoms with E-state index in [9.17, 15) is 13.6 Å². The second kappa shape index (κ2) is 11.4. The number of halogens is 2. The monoisotopic (exact) mass is 514 g/mol. The summed E-state index contributed by atoms with van der Waals surface area (Å²) in [4.78, 5) is 23.6. The van der Waals surface area contributed by atoms with E-state index in [1.54, 1.807) is 48.7 Å². The minimum atomic E-state index is -0.307. The number of amides is 1. The summed E-state index contributed by atoms with van der Waals surface area (Å²) in [5.74, 6) is 0.580. The molecule has 4 aromatic rings. The number of aromatic nitrogens is 2. The molecule has 0 saturated carbocycles. The molecule has 194 valence electrons. The van der Waals surface area contributed by atoms with Gasteiger partial charge in [0.15, 0.2) is 0 Å². The lowest BCUT2D eigenvalue weighted by Gasteiger charge is -2.35. The van der Waals surface area contributed by atoms with Crippen LogP contribution in [0.3, 0.4) is 0 Å². The molecule has 1 aliphatic heterocycles. The van der Waals surface area contributed by atoms with Crippen LogP contribution in [0.1, 0.15) is 34.8 Å². The number of carbonyl (C=O) groups excluding carboxylic acids is 1. The van der Waals surface area contributed by atoms with Crippen LogP contribution in [0, 0.1) is 17.6 Å². The number of carbonyl (C=O) groups is 1. The third kappa shape index (κ3) is 6.12. The van der Waals surface area contributed by atoms with Crippen molar-refractivity contribution in [2.75, 3.05) is 23.7 Å². The van der Waals surface area contributed by atoms with Crippen LogP contribution in [0.25, 0.3) is 0 Å². The van der Waals surface area contributed by atoms with Gasteiger partial charge >= 0.3 is 0 Å². The van der Waals surface area contributed by atoms with E-state index in [0.717, 1.165) is 24.1 Å². The summed E-state index contributed by atoms with van der Waals surface area (Å²) in [6.07, 6.45) is 3.21. The highest BCUT2D eigenvalue weighted by Gasteiger charge is 2.28. The largest absolute Gasteiger partial charge is 0.340 e. The van der Waals surface area contributed by atoms with Gasteiger partial charge in [0.05, 0.1) is 0 Å². The van der Waals surface area contributed by atoms with Gasteiger partial charge in [0.1, 0.15) is 17.5 Å². The van der Waals surface area contributed by atoms with E-state index in [-0.39, 0.29) is 29.5 Å². The summed E-state index contributed by atoms with van der Waals surface area (Å²) in [6.45, 7) is 1.25. The van der Waals surface area contributed by atoms with E-state index < -0.39 is 0 Å². The maximum absolute atomic E-state index is 13.2. The van der Waals surface area contributed by atoms with Gasteiger partial charge in [-0.3, -0.25) is 4.79 Å². The molecule has 7 nitrogen and oxygen atoms in total. The highest BCUT2D eigenvalue weighted by atomic mass is 19.1. The SMILES string of the molecule is N[C@H](c1ccc(F)cc1)C1CCN(C(=O)c2ccc(Nc3nccc(Nc4ccc(F)cc4)n3)cc2)CC1. The van der Waals surface area contributed by atoms with Crippen molar-refractivity contribution < 1.29 is 13.6 Å². The van der Waals surface area contributed by atoms with E-state index in [4.69, 9.17) is 5.73 Å². The van der Waals surface area contributed by atoms with Gasteiger partial charge in [-0.1, -0.05) is 12.1 Å². The summed E-state index contributed by atoms with van der Waals surface area (Å²) in [6, 6.07) is 21.0. The van der Waals surface area contributed by atoms with Crippen LogP contribution in [-0.2, 0) is 0 Å². The second-order valence-electron chi connectivity index (χ2n) is 9.31. The lowest BCUT2D eigenvalue weighted by atomic mass is 9.86. The minimum absolute atomic E-state index is 0.0212. The van der Waals surface area contributed by atoms with E-state index in [0.29, 0.717) is 36.1 Å². The Bertz CT molecular complexity index is 1370. The van der Waals surface area contributed by atoms with Gasteiger partial charge in [-0.05, 0) is 91.1 Å². The number of hydrogen-bond acceptors (Lipinski definition) is 6. The predicted molar refractivity (Wildman–Crippen MR) is 143 cm³/mol. The van der Waals surface area contributed by atoms with Crippen molar-refractivity contribution in [2.45, 2.75) is 18.9 Å². The van der Waals surface area contributed by atoms with Gasteiger partial charge in [0.2, 0.25) is 5.95 Å². The fourth-order valence-electron chi connectivity index (χ4n) is 4.60. The number of benzene rings is 3. The number of nitrogens with one attached hydrogen (secondary N) is 2. The Morgan fingerprint density at radius 3 is 2.08 bits per heavy atom. The molecule has 4 N–H and O–H groups in total. The number of piperidine rings is 1. The molecule has 1 atom stereocenters. The molecule has 0 unspecified atom stereocenters. The number of anilines is 4. The van der Waals surface area contributed by atoms with E-state index in [2.05, 4.69) is 20.6 Å². The number of likely N-dealkylation sites (tertiary alicyclic amines) is 1. The first-order chi connectivity index (χ1) is 18.4.